The standard InChI is InChI=1S/C24H21ClO4/c1-16-6-10-24(21(25)12-16)29-15-19-13-17(8-11-23(19)28-2)7-9-22(27)18-4-3-5-20(26)14-18/h3-14,26H,15H2,1-2H3/b9-7+. The van der Waals surface area contributed by atoms with Crippen molar-refractivity contribution in [3.63, 3.8) is 0 Å². The van der Waals surface area contributed by atoms with Crippen molar-refractivity contribution >= 4 is 23.5 Å². The van der Waals surface area contributed by atoms with E-state index in [-0.39, 0.29) is 18.1 Å². The van der Waals surface area contributed by atoms with E-state index in [1.165, 1.54) is 18.2 Å². The molecule has 0 amide bonds. The topological polar surface area (TPSA) is 55.8 Å². The molecule has 4 nitrogen and oxygen atoms in total. The fraction of sp³-hybridized carbons (Fsp3) is 0.125. The summed E-state index contributed by atoms with van der Waals surface area (Å²) in [4.78, 5) is 12.3. The van der Waals surface area contributed by atoms with Crippen LogP contribution in [0.2, 0.25) is 5.02 Å². The highest BCUT2D eigenvalue weighted by atomic mass is 35.5. The molecule has 0 fully saturated rings. The highest BCUT2D eigenvalue weighted by Gasteiger charge is 2.08. The average molecular weight is 409 g/mol. The molecule has 0 unspecified atom stereocenters. The second-order valence-electron chi connectivity index (χ2n) is 6.54. The number of ether oxygens (including phenoxy) is 2. The van der Waals surface area contributed by atoms with Gasteiger partial charge in [-0.15, -0.1) is 0 Å². The van der Waals surface area contributed by atoms with Gasteiger partial charge in [0, 0.05) is 11.1 Å². The molecule has 0 aromatic heterocycles. The summed E-state index contributed by atoms with van der Waals surface area (Å²) >= 11 is 6.23. The van der Waals surface area contributed by atoms with Gasteiger partial charge in [0.2, 0.25) is 0 Å². The van der Waals surface area contributed by atoms with Crippen LogP contribution in [0.1, 0.15) is 27.0 Å². The van der Waals surface area contributed by atoms with Crippen LogP contribution in [0.4, 0.5) is 0 Å². The number of halogens is 1. The molecule has 5 heteroatoms. The van der Waals surface area contributed by atoms with Crippen molar-refractivity contribution in [3.05, 3.63) is 94.0 Å². The number of carbonyl (C=O) groups is 1. The first-order valence-electron chi connectivity index (χ1n) is 9.03. The van der Waals surface area contributed by atoms with Gasteiger partial charge in [-0.25, -0.2) is 0 Å². The van der Waals surface area contributed by atoms with Crippen LogP contribution in [0, 0.1) is 6.92 Å². The molecule has 0 bridgehead atoms. The molecule has 0 heterocycles. The van der Waals surface area contributed by atoms with Crippen molar-refractivity contribution in [1.82, 2.24) is 0 Å². The first-order valence-corrected chi connectivity index (χ1v) is 9.41. The van der Waals surface area contributed by atoms with Crippen molar-refractivity contribution in [3.8, 4) is 17.2 Å². The summed E-state index contributed by atoms with van der Waals surface area (Å²) < 4.78 is 11.3. The van der Waals surface area contributed by atoms with Crippen LogP contribution < -0.4 is 9.47 Å². The van der Waals surface area contributed by atoms with Crippen molar-refractivity contribution in [2.45, 2.75) is 13.5 Å². The Morgan fingerprint density at radius 1 is 1.07 bits per heavy atom. The number of ketones is 1. The van der Waals surface area contributed by atoms with Crippen LogP contribution in [0.15, 0.2) is 66.7 Å². The Morgan fingerprint density at radius 3 is 2.59 bits per heavy atom. The minimum absolute atomic E-state index is 0.0582. The largest absolute Gasteiger partial charge is 0.508 e. The van der Waals surface area contributed by atoms with Crippen molar-refractivity contribution < 1.29 is 19.4 Å². The molecule has 0 aliphatic heterocycles. The van der Waals surface area contributed by atoms with E-state index in [0.717, 1.165) is 16.7 Å². The van der Waals surface area contributed by atoms with E-state index in [1.807, 2.05) is 43.3 Å². The molecule has 29 heavy (non-hydrogen) atoms. The Balaban J connectivity index is 1.76. The van der Waals surface area contributed by atoms with Crippen LogP contribution >= 0.6 is 11.6 Å². The summed E-state index contributed by atoms with van der Waals surface area (Å²) in [6.07, 6.45) is 3.19. The number of benzene rings is 3. The summed E-state index contributed by atoms with van der Waals surface area (Å²) in [5, 5.41) is 10.1. The number of rotatable bonds is 7. The Labute approximate surface area is 175 Å². The van der Waals surface area contributed by atoms with Gasteiger partial charge in [-0.05, 0) is 60.5 Å². The minimum Gasteiger partial charge on any atom is -0.508 e. The van der Waals surface area contributed by atoms with Gasteiger partial charge < -0.3 is 14.6 Å². The first-order chi connectivity index (χ1) is 14.0. The molecule has 3 aromatic carbocycles. The van der Waals surface area contributed by atoms with Crippen molar-refractivity contribution in [2.24, 2.45) is 0 Å². The van der Waals surface area contributed by atoms with E-state index < -0.39 is 0 Å². The third kappa shape index (κ3) is 5.39. The normalized spacial score (nSPS) is 10.9. The lowest BCUT2D eigenvalue weighted by Crippen LogP contribution is -2.00. The molecule has 0 radical (unpaired) electrons. The maximum absolute atomic E-state index is 12.3. The summed E-state index contributed by atoms with van der Waals surface area (Å²) in [7, 11) is 1.60. The number of phenols is 1. The van der Waals surface area contributed by atoms with Gasteiger partial charge in [-0.1, -0.05) is 41.9 Å². The first kappa shape index (κ1) is 20.5. The Kier molecular flexibility index (Phi) is 6.57. The summed E-state index contributed by atoms with van der Waals surface area (Å²) in [6, 6.07) is 17.4. The molecule has 0 saturated heterocycles. The number of carbonyl (C=O) groups excluding carboxylic acids is 1. The van der Waals surface area contributed by atoms with E-state index >= 15 is 0 Å². The molecule has 3 aromatic rings. The molecule has 148 valence electrons. The fourth-order valence-corrected chi connectivity index (χ4v) is 3.11. The van der Waals surface area contributed by atoms with Gasteiger partial charge in [0.1, 0.15) is 23.9 Å². The van der Waals surface area contributed by atoms with E-state index in [4.69, 9.17) is 21.1 Å². The predicted molar refractivity (Wildman–Crippen MR) is 115 cm³/mol. The monoisotopic (exact) mass is 408 g/mol. The smallest absolute Gasteiger partial charge is 0.185 e. The van der Waals surface area contributed by atoms with E-state index in [0.29, 0.717) is 22.1 Å². The van der Waals surface area contributed by atoms with Crippen LogP contribution in [0.5, 0.6) is 17.2 Å². The average Bonchev–Trinajstić information content (AvgIpc) is 2.71. The second kappa shape index (κ2) is 9.30. The lowest BCUT2D eigenvalue weighted by Gasteiger charge is -2.12. The molecule has 1 N–H and O–H groups in total. The van der Waals surface area contributed by atoms with Gasteiger partial charge in [-0.3, -0.25) is 4.79 Å². The Hall–Kier alpha value is -3.24. The fourth-order valence-electron chi connectivity index (χ4n) is 2.82. The molecule has 0 saturated carbocycles. The minimum atomic E-state index is -0.194. The van der Waals surface area contributed by atoms with E-state index in [1.54, 1.807) is 25.3 Å². The molecule has 0 aliphatic carbocycles. The van der Waals surface area contributed by atoms with Crippen LogP contribution in [0.25, 0.3) is 6.08 Å². The van der Waals surface area contributed by atoms with Crippen molar-refractivity contribution in [2.75, 3.05) is 7.11 Å². The number of phenolic OH excluding ortho intramolecular Hbond substituents is 1. The maximum Gasteiger partial charge on any atom is 0.185 e. The molecular weight excluding hydrogens is 388 g/mol. The highest BCUT2D eigenvalue weighted by molar-refractivity contribution is 6.32. The zero-order valence-electron chi connectivity index (χ0n) is 16.2. The number of aromatic hydroxyl groups is 1. The second-order valence-corrected chi connectivity index (χ2v) is 6.95. The molecule has 0 aliphatic rings. The molecular formula is C24H21ClO4. The summed E-state index contributed by atoms with van der Waals surface area (Å²) in [6.45, 7) is 2.24. The number of hydrogen-bond acceptors (Lipinski definition) is 4. The summed E-state index contributed by atoms with van der Waals surface area (Å²) in [5.41, 5.74) is 3.14. The van der Waals surface area contributed by atoms with Crippen molar-refractivity contribution in [1.29, 1.82) is 0 Å². The Morgan fingerprint density at radius 2 is 1.86 bits per heavy atom. The maximum atomic E-state index is 12.3. The number of methoxy groups -OCH3 is 1. The van der Waals surface area contributed by atoms with Crippen LogP contribution in [-0.2, 0) is 6.61 Å². The van der Waals surface area contributed by atoms with E-state index in [2.05, 4.69) is 0 Å². The number of allylic oxidation sites excluding steroid dienone is 1. The predicted octanol–water partition coefficient (Wildman–Crippen LogP) is 5.84. The van der Waals surface area contributed by atoms with Gasteiger partial charge in [-0.2, -0.15) is 0 Å². The number of aryl methyl sites for hydroxylation is 1. The lowest BCUT2D eigenvalue weighted by molar-refractivity contribution is 0.104. The highest BCUT2D eigenvalue weighted by Crippen LogP contribution is 2.28. The quantitative estimate of drug-likeness (QED) is 0.394. The van der Waals surface area contributed by atoms with E-state index in [9.17, 15) is 9.90 Å². The van der Waals surface area contributed by atoms with Gasteiger partial charge in [0.15, 0.2) is 5.78 Å². The SMILES string of the molecule is COc1ccc(/C=C/C(=O)c2cccc(O)c2)cc1COc1ccc(C)cc1Cl. The van der Waals surface area contributed by atoms with Gasteiger partial charge in [0.05, 0.1) is 12.1 Å². The van der Waals surface area contributed by atoms with Gasteiger partial charge in [0.25, 0.3) is 0 Å². The summed E-state index contributed by atoms with van der Waals surface area (Å²) in [5.74, 6) is 1.15. The van der Waals surface area contributed by atoms with Gasteiger partial charge >= 0.3 is 0 Å². The lowest BCUT2D eigenvalue weighted by atomic mass is 10.1. The molecule has 0 atom stereocenters. The molecule has 0 spiro atoms. The van der Waals surface area contributed by atoms with Crippen LogP contribution in [0.3, 0.4) is 0 Å². The zero-order chi connectivity index (χ0) is 20.8. The third-order valence-corrected chi connectivity index (χ3v) is 4.63. The van der Waals surface area contributed by atoms with Crippen LogP contribution in [-0.4, -0.2) is 18.0 Å². The zero-order valence-corrected chi connectivity index (χ0v) is 16.9. The Bertz CT molecular complexity index is 1060. The number of hydrogen-bond donors (Lipinski definition) is 1. The third-order valence-electron chi connectivity index (χ3n) is 4.33. The molecule has 3 rings (SSSR count).